The maximum absolute atomic E-state index is 13.2. The van der Waals surface area contributed by atoms with E-state index in [1.54, 1.807) is 0 Å². The molecule has 0 atom stereocenters. The number of ether oxygens (including phenoxy) is 1. The maximum atomic E-state index is 13.2. The number of hydrogen-bond donors (Lipinski definition) is 1. The molecule has 29 heavy (non-hydrogen) atoms. The lowest BCUT2D eigenvalue weighted by Gasteiger charge is -2.28. The van der Waals surface area contributed by atoms with E-state index in [2.05, 4.69) is 36.2 Å². The highest BCUT2D eigenvalue weighted by atomic mass is 16.5. The summed E-state index contributed by atoms with van der Waals surface area (Å²) in [6.07, 6.45) is 5.04. The van der Waals surface area contributed by atoms with Crippen LogP contribution in [0.3, 0.4) is 0 Å². The zero-order valence-corrected chi connectivity index (χ0v) is 17.8. The molecule has 1 amide bonds. The van der Waals surface area contributed by atoms with Gasteiger partial charge in [0.15, 0.2) is 0 Å². The van der Waals surface area contributed by atoms with Gasteiger partial charge in [-0.05, 0) is 62.2 Å². The Bertz CT molecular complexity index is 748. The average molecular weight is 395 g/mol. The van der Waals surface area contributed by atoms with Gasteiger partial charge in [0.05, 0.1) is 12.0 Å². The summed E-state index contributed by atoms with van der Waals surface area (Å²) in [5.74, 6) is 0.954. The Hall–Kier alpha value is -2.33. The quantitative estimate of drug-likeness (QED) is 0.560. The molecule has 1 fully saturated rings. The Balaban J connectivity index is 1.55. The SMILES string of the molecule is CCN(CC)CCCOc1ccc(NC(=O)C2(c3ccccc3)CCCC2)cc1. The zero-order valence-electron chi connectivity index (χ0n) is 17.8. The molecule has 0 bridgehead atoms. The first kappa shape index (κ1) is 21.4. The molecule has 3 rings (SSSR count). The van der Waals surface area contributed by atoms with Gasteiger partial charge in [-0.15, -0.1) is 0 Å². The number of carbonyl (C=O) groups is 1. The van der Waals surface area contributed by atoms with Gasteiger partial charge in [0.25, 0.3) is 0 Å². The van der Waals surface area contributed by atoms with Crippen molar-refractivity contribution in [1.82, 2.24) is 4.90 Å². The first-order valence-corrected chi connectivity index (χ1v) is 11.0. The summed E-state index contributed by atoms with van der Waals surface area (Å²) in [5, 5.41) is 3.15. The monoisotopic (exact) mass is 394 g/mol. The second-order valence-corrected chi connectivity index (χ2v) is 7.86. The minimum absolute atomic E-state index is 0.106. The highest BCUT2D eigenvalue weighted by molar-refractivity contribution is 5.99. The molecule has 1 saturated carbocycles. The van der Waals surface area contributed by atoms with Gasteiger partial charge >= 0.3 is 0 Å². The van der Waals surface area contributed by atoms with Crippen molar-refractivity contribution < 1.29 is 9.53 Å². The summed E-state index contributed by atoms with van der Waals surface area (Å²) in [5.41, 5.74) is 1.55. The van der Waals surface area contributed by atoms with Crippen LogP contribution in [0.15, 0.2) is 54.6 Å². The summed E-state index contributed by atoms with van der Waals surface area (Å²) in [6.45, 7) is 8.29. The fourth-order valence-corrected chi connectivity index (χ4v) is 4.29. The number of rotatable bonds is 10. The lowest BCUT2D eigenvalue weighted by Crippen LogP contribution is -2.37. The van der Waals surface area contributed by atoms with E-state index in [1.807, 2.05) is 42.5 Å². The van der Waals surface area contributed by atoms with Gasteiger partial charge in [-0.1, -0.05) is 57.0 Å². The van der Waals surface area contributed by atoms with Crippen LogP contribution < -0.4 is 10.1 Å². The zero-order chi connectivity index (χ0) is 20.5. The molecule has 0 saturated heterocycles. The van der Waals surface area contributed by atoms with Gasteiger partial charge in [0, 0.05) is 12.2 Å². The number of carbonyl (C=O) groups excluding carboxylic acids is 1. The smallest absolute Gasteiger partial charge is 0.235 e. The van der Waals surface area contributed by atoms with E-state index in [-0.39, 0.29) is 5.91 Å². The van der Waals surface area contributed by atoms with Gasteiger partial charge in [-0.2, -0.15) is 0 Å². The molecule has 1 aliphatic carbocycles. The van der Waals surface area contributed by atoms with Crippen molar-refractivity contribution in [2.24, 2.45) is 0 Å². The number of benzene rings is 2. The molecule has 0 radical (unpaired) electrons. The summed E-state index contributed by atoms with van der Waals surface area (Å²) in [6, 6.07) is 18.0. The third-order valence-corrected chi connectivity index (χ3v) is 6.11. The van der Waals surface area contributed by atoms with Crippen molar-refractivity contribution in [3.8, 4) is 5.75 Å². The number of hydrogen-bond acceptors (Lipinski definition) is 3. The van der Waals surface area contributed by atoms with E-state index < -0.39 is 5.41 Å². The van der Waals surface area contributed by atoms with E-state index >= 15 is 0 Å². The molecule has 0 aromatic heterocycles. The molecule has 0 spiro atoms. The van der Waals surface area contributed by atoms with Crippen LogP contribution in [-0.4, -0.2) is 37.0 Å². The molecule has 156 valence electrons. The third kappa shape index (κ3) is 5.39. The first-order chi connectivity index (χ1) is 14.2. The first-order valence-electron chi connectivity index (χ1n) is 11.0. The number of nitrogens with one attached hydrogen (secondary N) is 1. The van der Waals surface area contributed by atoms with E-state index in [0.29, 0.717) is 6.61 Å². The summed E-state index contributed by atoms with van der Waals surface area (Å²) in [7, 11) is 0. The Morgan fingerprint density at radius 1 is 1.00 bits per heavy atom. The van der Waals surface area contributed by atoms with E-state index in [1.165, 1.54) is 0 Å². The second-order valence-electron chi connectivity index (χ2n) is 7.86. The van der Waals surface area contributed by atoms with E-state index in [0.717, 1.165) is 68.7 Å². The predicted octanol–water partition coefficient (Wildman–Crippen LogP) is 5.25. The fraction of sp³-hybridized carbons (Fsp3) is 0.480. The van der Waals surface area contributed by atoms with Crippen LogP contribution in [0.4, 0.5) is 5.69 Å². The lowest BCUT2D eigenvalue weighted by molar-refractivity contribution is -0.121. The van der Waals surface area contributed by atoms with Crippen LogP contribution in [-0.2, 0) is 10.2 Å². The van der Waals surface area contributed by atoms with Crippen LogP contribution in [0.2, 0.25) is 0 Å². The molecule has 0 aliphatic heterocycles. The molecular formula is C25H34N2O2. The number of anilines is 1. The molecular weight excluding hydrogens is 360 g/mol. The van der Waals surface area contributed by atoms with E-state index in [9.17, 15) is 4.79 Å². The Kier molecular flexibility index (Phi) is 7.70. The van der Waals surface area contributed by atoms with Crippen molar-refractivity contribution in [3.05, 3.63) is 60.2 Å². The standard InChI is InChI=1S/C25H34N2O2/c1-3-27(4-2)19-10-20-29-23-15-13-22(14-16-23)26-24(28)25(17-8-9-18-25)21-11-6-5-7-12-21/h5-7,11-16H,3-4,8-10,17-20H2,1-2H3,(H,26,28). The number of amides is 1. The highest BCUT2D eigenvalue weighted by Crippen LogP contribution is 2.42. The van der Waals surface area contributed by atoms with E-state index in [4.69, 9.17) is 4.74 Å². The second kappa shape index (κ2) is 10.4. The summed E-state index contributed by atoms with van der Waals surface area (Å²) >= 11 is 0. The molecule has 4 nitrogen and oxygen atoms in total. The van der Waals surface area contributed by atoms with Crippen LogP contribution in [0, 0.1) is 0 Å². The van der Waals surface area contributed by atoms with Crippen LogP contribution in [0.1, 0.15) is 51.5 Å². The van der Waals surface area contributed by atoms with Crippen LogP contribution >= 0.6 is 0 Å². The molecule has 1 N–H and O–H groups in total. The minimum Gasteiger partial charge on any atom is -0.494 e. The Labute approximate surface area is 175 Å². The maximum Gasteiger partial charge on any atom is 0.235 e. The summed E-state index contributed by atoms with van der Waals surface area (Å²) < 4.78 is 5.85. The van der Waals surface area contributed by atoms with Crippen molar-refractivity contribution in [3.63, 3.8) is 0 Å². The van der Waals surface area contributed by atoms with Crippen molar-refractivity contribution in [2.75, 3.05) is 31.6 Å². The summed E-state index contributed by atoms with van der Waals surface area (Å²) in [4.78, 5) is 15.6. The Morgan fingerprint density at radius 2 is 1.66 bits per heavy atom. The third-order valence-electron chi connectivity index (χ3n) is 6.11. The molecule has 0 heterocycles. The molecule has 4 heteroatoms. The largest absolute Gasteiger partial charge is 0.494 e. The number of nitrogens with zero attached hydrogens (tertiary/aromatic N) is 1. The molecule has 2 aromatic rings. The van der Waals surface area contributed by atoms with Gasteiger partial charge in [-0.3, -0.25) is 4.79 Å². The van der Waals surface area contributed by atoms with Crippen LogP contribution in [0.25, 0.3) is 0 Å². The lowest BCUT2D eigenvalue weighted by atomic mass is 9.78. The van der Waals surface area contributed by atoms with Crippen LogP contribution in [0.5, 0.6) is 5.75 Å². The Morgan fingerprint density at radius 3 is 2.28 bits per heavy atom. The van der Waals surface area contributed by atoms with Gasteiger partial charge < -0.3 is 15.0 Å². The topological polar surface area (TPSA) is 41.6 Å². The minimum atomic E-state index is -0.402. The highest BCUT2D eigenvalue weighted by Gasteiger charge is 2.42. The van der Waals surface area contributed by atoms with Gasteiger partial charge in [0.1, 0.15) is 5.75 Å². The molecule has 0 unspecified atom stereocenters. The predicted molar refractivity (Wildman–Crippen MR) is 120 cm³/mol. The van der Waals surface area contributed by atoms with Gasteiger partial charge in [0.2, 0.25) is 5.91 Å². The van der Waals surface area contributed by atoms with Crippen molar-refractivity contribution >= 4 is 11.6 Å². The van der Waals surface area contributed by atoms with Crippen molar-refractivity contribution in [2.45, 2.75) is 51.4 Å². The normalized spacial score (nSPS) is 15.4. The average Bonchev–Trinajstić information content (AvgIpc) is 3.27. The molecule has 2 aromatic carbocycles. The fourth-order valence-electron chi connectivity index (χ4n) is 4.29. The van der Waals surface area contributed by atoms with Gasteiger partial charge in [-0.25, -0.2) is 0 Å². The van der Waals surface area contributed by atoms with Crippen molar-refractivity contribution in [1.29, 1.82) is 0 Å². The molecule has 1 aliphatic rings.